The third kappa shape index (κ3) is 1.74. The lowest BCUT2D eigenvalue weighted by molar-refractivity contribution is 0.408. The van der Waals surface area contributed by atoms with Gasteiger partial charge in [0, 0.05) is 5.56 Å². The van der Waals surface area contributed by atoms with Gasteiger partial charge in [-0.25, -0.2) is 4.79 Å². The number of aliphatic imine (C=N–C) groups is 1. The molecule has 3 nitrogen and oxygen atoms in total. The van der Waals surface area contributed by atoms with Gasteiger partial charge in [0.25, 0.3) is 0 Å². The normalized spacial score (nSPS) is 18.1. The summed E-state index contributed by atoms with van der Waals surface area (Å²) in [5, 5.41) is 9.95. The third-order valence-electron chi connectivity index (χ3n) is 3.34. The van der Waals surface area contributed by atoms with Crippen LogP contribution in [0, 0.1) is 6.92 Å². The van der Waals surface area contributed by atoms with Crippen LogP contribution in [-0.2, 0) is 10.3 Å². The molecule has 0 aliphatic heterocycles. The molecule has 0 saturated heterocycles. The highest BCUT2D eigenvalue weighted by atomic mass is 16.3. The maximum absolute atomic E-state index is 10.5. The average molecular weight is 217 g/mol. The van der Waals surface area contributed by atoms with Crippen molar-refractivity contribution in [3.63, 3.8) is 0 Å². The Kier molecular flexibility index (Phi) is 2.80. The molecule has 16 heavy (non-hydrogen) atoms. The highest BCUT2D eigenvalue weighted by Crippen LogP contribution is 2.45. The van der Waals surface area contributed by atoms with E-state index in [2.05, 4.69) is 4.99 Å². The van der Waals surface area contributed by atoms with Gasteiger partial charge >= 0.3 is 0 Å². The molecule has 1 aromatic carbocycles. The number of hydrogen-bond donors (Lipinski definition) is 1. The predicted molar refractivity (Wildman–Crippen MR) is 61.1 cm³/mol. The van der Waals surface area contributed by atoms with Crippen LogP contribution in [0.15, 0.2) is 23.2 Å². The first-order chi connectivity index (χ1) is 7.68. The fraction of sp³-hybridized carbons (Fsp3) is 0.462. The Balaban J connectivity index is 2.51. The molecule has 0 heterocycles. The SMILES string of the molecule is Cc1ccc(C2(N=C=O)CCCC2)c(O)c1. The Morgan fingerprint density at radius 1 is 1.38 bits per heavy atom. The average Bonchev–Trinajstić information content (AvgIpc) is 2.67. The number of carbonyl (C=O) groups excluding carboxylic acids is 1. The van der Waals surface area contributed by atoms with Crippen LogP contribution in [0.1, 0.15) is 36.8 Å². The van der Waals surface area contributed by atoms with Gasteiger partial charge < -0.3 is 5.11 Å². The van der Waals surface area contributed by atoms with Crippen molar-refractivity contribution in [3.8, 4) is 5.75 Å². The van der Waals surface area contributed by atoms with E-state index in [1.165, 1.54) is 0 Å². The van der Waals surface area contributed by atoms with E-state index in [4.69, 9.17) is 0 Å². The Hall–Kier alpha value is -1.60. The van der Waals surface area contributed by atoms with Gasteiger partial charge in [-0.05, 0) is 31.4 Å². The van der Waals surface area contributed by atoms with E-state index >= 15 is 0 Å². The van der Waals surface area contributed by atoms with Gasteiger partial charge in [-0.1, -0.05) is 25.0 Å². The van der Waals surface area contributed by atoms with Crippen molar-refractivity contribution in [2.24, 2.45) is 4.99 Å². The summed E-state index contributed by atoms with van der Waals surface area (Å²) in [5.41, 5.74) is 1.24. The van der Waals surface area contributed by atoms with E-state index in [0.29, 0.717) is 0 Å². The summed E-state index contributed by atoms with van der Waals surface area (Å²) in [6.07, 6.45) is 5.37. The number of hydrogen-bond acceptors (Lipinski definition) is 3. The molecular weight excluding hydrogens is 202 g/mol. The maximum Gasteiger partial charge on any atom is 0.235 e. The minimum atomic E-state index is -0.528. The van der Waals surface area contributed by atoms with Crippen molar-refractivity contribution >= 4 is 6.08 Å². The molecule has 0 bridgehead atoms. The molecule has 0 unspecified atom stereocenters. The summed E-state index contributed by atoms with van der Waals surface area (Å²) in [5.74, 6) is 0.237. The Labute approximate surface area is 94.8 Å². The van der Waals surface area contributed by atoms with Crippen LogP contribution < -0.4 is 0 Å². The highest BCUT2D eigenvalue weighted by molar-refractivity contribution is 5.45. The van der Waals surface area contributed by atoms with Gasteiger partial charge in [-0.2, -0.15) is 4.99 Å². The lowest BCUT2D eigenvalue weighted by Crippen LogP contribution is -2.19. The molecule has 1 aromatic rings. The van der Waals surface area contributed by atoms with Crippen LogP contribution >= 0.6 is 0 Å². The fourth-order valence-corrected chi connectivity index (χ4v) is 2.52. The van der Waals surface area contributed by atoms with E-state index in [0.717, 1.165) is 36.8 Å². The number of isocyanates is 1. The molecule has 0 radical (unpaired) electrons. The first kappa shape index (κ1) is 10.9. The summed E-state index contributed by atoms with van der Waals surface area (Å²) < 4.78 is 0. The van der Waals surface area contributed by atoms with Crippen molar-refractivity contribution in [2.45, 2.75) is 38.1 Å². The lowest BCUT2D eigenvalue weighted by Gasteiger charge is -2.23. The molecule has 1 fully saturated rings. The predicted octanol–water partition coefficient (Wildman–Crippen LogP) is 2.81. The minimum Gasteiger partial charge on any atom is -0.508 e. The van der Waals surface area contributed by atoms with Crippen molar-refractivity contribution in [1.29, 1.82) is 0 Å². The lowest BCUT2D eigenvalue weighted by atomic mass is 9.87. The smallest absolute Gasteiger partial charge is 0.235 e. The van der Waals surface area contributed by atoms with Gasteiger partial charge in [0.2, 0.25) is 6.08 Å². The zero-order valence-corrected chi connectivity index (χ0v) is 9.36. The molecule has 2 rings (SSSR count). The van der Waals surface area contributed by atoms with Crippen LogP contribution in [0.25, 0.3) is 0 Å². The first-order valence-corrected chi connectivity index (χ1v) is 5.57. The van der Waals surface area contributed by atoms with E-state index in [1.54, 1.807) is 12.1 Å². The Bertz CT molecular complexity index is 441. The van der Waals surface area contributed by atoms with Crippen molar-refractivity contribution in [1.82, 2.24) is 0 Å². The standard InChI is InChI=1S/C13H15NO2/c1-10-4-5-11(12(16)8-10)13(14-9-15)6-2-3-7-13/h4-5,8,16H,2-3,6-7H2,1H3. The fourth-order valence-electron chi connectivity index (χ4n) is 2.52. The highest BCUT2D eigenvalue weighted by Gasteiger charge is 2.37. The van der Waals surface area contributed by atoms with E-state index < -0.39 is 5.54 Å². The second kappa shape index (κ2) is 4.11. The van der Waals surface area contributed by atoms with E-state index in [9.17, 15) is 9.90 Å². The molecule has 1 N–H and O–H groups in total. The summed E-state index contributed by atoms with van der Waals surface area (Å²) in [4.78, 5) is 14.5. The van der Waals surface area contributed by atoms with Crippen LogP contribution in [0.4, 0.5) is 0 Å². The largest absolute Gasteiger partial charge is 0.508 e. The molecule has 1 aliphatic rings. The molecule has 3 heteroatoms. The van der Waals surface area contributed by atoms with Crippen LogP contribution in [-0.4, -0.2) is 11.2 Å². The van der Waals surface area contributed by atoms with Gasteiger partial charge in [-0.3, -0.25) is 0 Å². The van der Waals surface area contributed by atoms with Gasteiger partial charge in [0.1, 0.15) is 11.3 Å². The number of benzene rings is 1. The number of aryl methyl sites for hydroxylation is 1. The van der Waals surface area contributed by atoms with E-state index in [1.807, 2.05) is 19.1 Å². The molecule has 0 atom stereocenters. The minimum absolute atomic E-state index is 0.237. The maximum atomic E-state index is 10.5. The first-order valence-electron chi connectivity index (χ1n) is 5.57. The molecule has 0 aromatic heterocycles. The second-order valence-corrected chi connectivity index (χ2v) is 4.46. The zero-order valence-electron chi connectivity index (χ0n) is 9.36. The summed E-state index contributed by atoms with van der Waals surface area (Å²) in [7, 11) is 0. The van der Waals surface area contributed by atoms with E-state index in [-0.39, 0.29) is 5.75 Å². The quantitative estimate of drug-likeness (QED) is 0.611. The number of phenolic OH excluding ortho intramolecular Hbond substituents is 1. The number of nitrogens with zero attached hydrogens (tertiary/aromatic N) is 1. The summed E-state index contributed by atoms with van der Waals surface area (Å²) >= 11 is 0. The number of rotatable bonds is 2. The molecular formula is C13H15NO2. The topological polar surface area (TPSA) is 49.7 Å². The number of phenols is 1. The molecule has 1 saturated carbocycles. The third-order valence-corrected chi connectivity index (χ3v) is 3.34. The Morgan fingerprint density at radius 3 is 2.62 bits per heavy atom. The van der Waals surface area contributed by atoms with Crippen LogP contribution in [0.5, 0.6) is 5.75 Å². The second-order valence-electron chi connectivity index (χ2n) is 4.46. The molecule has 1 aliphatic carbocycles. The zero-order chi connectivity index (χ0) is 11.6. The van der Waals surface area contributed by atoms with Crippen molar-refractivity contribution < 1.29 is 9.90 Å². The van der Waals surface area contributed by atoms with Crippen molar-refractivity contribution in [3.05, 3.63) is 29.3 Å². The monoisotopic (exact) mass is 217 g/mol. The summed E-state index contributed by atoms with van der Waals surface area (Å²) in [6, 6.07) is 5.53. The summed E-state index contributed by atoms with van der Waals surface area (Å²) in [6.45, 7) is 1.92. The van der Waals surface area contributed by atoms with Gasteiger partial charge in [0.15, 0.2) is 0 Å². The van der Waals surface area contributed by atoms with Crippen molar-refractivity contribution in [2.75, 3.05) is 0 Å². The number of aromatic hydroxyl groups is 1. The molecule has 0 amide bonds. The van der Waals surface area contributed by atoms with Crippen LogP contribution in [0.2, 0.25) is 0 Å². The van der Waals surface area contributed by atoms with Crippen LogP contribution in [0.3, 0.4) is 0 Å². The van der Waals surface area contributed by atoms with Gasteiger partial charge in [0.05, 0.1) is 0 Å². The molecule has 0 spiro atoms. The molecule has 84 valence electrons. The Morgan fingerprint density at radius 2 is 2.06 bits per heavy atom. The van der Waals surface area contributed by atoms with Gasteiger partial charge in [-0.15, -0.1) is 0 Å².